The van der Waals surface area contributed by atoms with Crippen LogP contribution in [0.1, 0.15) is 11.4 Å². The number of aliphatic carboxylic acids is 1. The van der Waals surface area contributed by atoms with Crippen LogP contribution in [0.15, 0.2) is 48.8 Å². The summed E-state index contributed by atoms with van der Waals surface area (Å²) in [5.74, 6) is -1.81. The molecule has 2 heterocycles. The first-order chi connectivity index (χ1) is 11.1. The van der Waals surface area contributed by atoms with Crippen molar-refractivity contribution >= 4 is 11.9 Å². The van der Waals surface area contributed by atoms with Gasteiger partial charge in [0.1, 0.15) is 5.82 Å². The SMILES string of the molecule is O=C(O)[C@H]1CN(Cc2ncccn2)C(=O)[C@@H]1Cc1ccccc1. The van der Waals surface area contributed by atoms with Crippen LogP contribution in [0.3, 0.4) is 0 Å². The zero-order chi connectivity index (χ0) is 16.2. The first kappa shape index (κ1) is 15.1. The minimum atomic E-state index is -0.934. The lowest BCUT2D eigenvalue weighted by Crippen LogP contribution is -2.28. The van der Waals surface area contributed by atoms with Gasteiger partial charge in [-0.15, -0.1) is 0 Å². The molecule has 23 heavy (non-hydrogen) atoms. The van der Waals surface area contributed by atoms with E-state index < -0.39 is 17.8 Å². The molecule has 0 aliphatic carbocycles. The lowest BCUT2D eigenvalue weighted by atomic mass is 9.89. The number of carboxylic acid groups (broad SMARTS) is 1. The van der Waals surface area contributed by atoms with E-state index >= 15 is 0 Å². The highest BCUT2D eigenvalue weighted by Crippen LogP contribution is 2.29. The standard InChI is InChI=1S/C17H17N3O3/c21-16-13(9-12-5-2-1-3-6-12)14(17(22)23)10-20(16)11-15-18-7-4-8-19-15/h1-8,13-14H,9-11H2,(H,22,23)/t13-,14+/m1/s1. The summed E-state index contributed by atoms with van der Waals surface area (Å²) in [6, 6.07) is 11.2. The van der Waals surface area contributed by atoms with Crippen LogP contribution >= 0.6 is 0 Å². The molecule has 1 saturated heterocycles. The summed E-state index contributed by atoms with van der Waals surface area (Å²) >= 11 is 0. The quantitative estimate of drug-likeness (QED) is 0.902. The third kappa shape index (κ3) is 3.36. The summed E-state index contributed by atoms with van der Waals surface area (Å²) in [4.78, 5) is 33.9. The van der Waals surface area contributed by atoms with Crippen molar-refractivity contribution in [1.82, 2.24) is 14.9 Å². The average Bonchev–Trinajstić information content (AvgIpc) is 2.86. The number of aromatic nitrogens is 2. The number of carboxylic acids is 1. The molecule has 1 aromatic carbocycles. The summed E-state index contributed by atoms with van der Waals surface area (Å²) in [6.07, 6.45) is 3.65. The maximum absolute atomic E-state index is 12.6. The largest absolute Gasteiger partial charge is 0.481 e. The first-order valence-corrected chi connectivity index (χ1v) is 7.46. The monoisotopic (exact) mass is 311 g/mol. The Kier molecular flexibility index (Phi) is 4.32. The Morgan fingerprint density at radius 1 is 1.17 bits per heavy atom. The van der Waals surface area contributed by atoms with E-state index in [2.05, 4.69) is 9.97 Å². The number of rotatable bonds is 5. The normalized spacial score (nSPS) is 20.7. The molecular formula is C17H17N3O3. The Balaban J connectivity index is 1.78. The average molecular weight is 311 g/mol. The molecule has 1 aromatic heterocycles. The summed E-state index contributed by atoms with van der Waals surface area (Å²) in [6.45, 7) is 0.443. The van der Waals surface area contributed by atoms with Crippen molar-refractivity contribution in [2.24, 2.45) is 11.8 Å². The molecule has 1 fully saturated rings. The molecule has 6 nitrogen and oxygen atoms in total. The highest BCUT2D eigenvalue weighted by molar-refractivity contribution is 5.88. The van der Waals surface area contributed by atoms with Gasteiger partial charge in [-0.25, -0.2) is 9.97 Å². The topological polar surface area (TPSA) is 83.4 Å². The molecule has 2 atom stereocenters. The highest BCUT2D eigenvalue weighted by atomic mass is 16.4. The Morgan fingerprint density at radius 2 is 1.87 bits per heavy atom. The third-order valence-corrected chi connectivity index (χ3v) is 4.10. The molecule has 0 spiro atoms. The van der Waals surface area contributed by atoms with Crippen LogP contribution in [0.4, 0.5) is 0 Å². The van der Waals surface area contributed by atoms with E-state index in [1.54, 1.807) is 23.4 Å². The number of amides is 1. The second-order valence-corrected chi connectivity index (χ2v) is 5.62. The number of likely N-dealkylation sites (tertiary alicyclic amines) is 1. The van der Waals surface area contributed by atoms with E-state index in [1.807, 2.05) is 30.3 Å². The van der Waals surface area contributed by atoms with Crippen molar-refractivity contribution in [3.05, 3.63) is 60.2 Å². The van der Waals surface area contributed by atoms with E-state index in [-0.39, 0.29) is 19.0 Å². The van der Waals surface area contributed by atoms with Crippen LogP contribution in [0.2, 0.25) is 0 Å². The molecule has 3 rings (SSSR count). The molecule has 6 heteroatoms. The van der Waals surface area contributed by atoms with Crippen molar-refractivity contribution in [3.63, 3.8) is 0 Å². The van der Waals surface area contributed by atoms with Gasteiger partial charge in [-0.05, 0) is 18.1 Å². The van der Waals surface area contributed by atoms with E-state index in [0.29, 0.717) is 12.2 Å². The van der Waals surface area contributed by atoms with Crippen LogP contribution in [0.5, 0.6) is 0 Å². The minimum absolute atomic E-state index is 0.145. The van der Waals surface area contributed by atoms with E-state index in [4.69, 9.17) is 0 Å². The van der Waals surface area contributed by atoms with Gasteiger partial charge in [0.05, 0.1) is 18.4 Å². The molecule has 0 saturated carbocycles. The number of benzene rings is 1. The number of hydrogen-bond donors (Lipinski definition) is 1. The van der Waals surface area contributed by atoms with Gasteiger partial charge in [0.2, 0.25) is 5.91 Å². The third-order valence-electron chi connectivity index (χ3n) is 4.10. The Bertz CT molecular complexity index is 691. The van der Waals surface area contributed by atoms with Crippen molar-refractivity contribution in [1.29, 1.82) is 0 Å². The van der Waals surface area contributed by atoms with Gasteiger partial charge >= 0.3 is 5.97 Å². The van der Waals surface area contributed by atoms with Crippen molar-refractivity contribution in [2.75, 3.05) is 6.54 Å². The molecule has 1 amide bonds. The van der Waals surface area contributed by atoms with Crippen LogP contribution in [0.25, 0.3) is 0 Å². The van der Waals surface area contributed by atoms with Gasteiger partial charge in [-0.1, -0.05) is 30.3 Å². The molecule has 0 radical (unpaired) electrons. The van der Waals surface area contributed by atoms with Gasteiger partial charge in [-0.2, -0.15) is 0 Å². The predicted molar refractivity (Wildman–Crippen MR) is 82.2 cm³/mol. The fourth-order valence-electron chi connectivity index (χ4n) is 2.93. The molecule has 1 N–H and O–H groups in total. The van der Waals surface area contributed by atoms with Crippen molar-refractivity contribution < 1.29 is 14.7 Å². The van der Waals surface area contributed by atoms with Gasteiger partial charge in [-0.3, -0.25) is 9.59 Å². The van der Waals surface area contributed by atoms with Crippen LogP contribution in [0, 0.1) is 11.8 Å². The summed E-state index contributed by atoms with van der Waals surface area (Å²) < 4.78 is 0. The summed E-state index contributed by atoms with van der Waals surface area (Å²) in [7, 11) is 0. The minimum Gasteiger partial charge on any atom is -0.481 e. The number of nitrogens with zero attached hydrogens (tertiary/aromatic N) is 3. The van der Waals surface area contributed by atoms with Crippen LogP contribution < -0.4 is 0 Å². The Morgan fingerprint density at radius 3 is 2.52 bits per heavy atom. The zero-order valence-corrected chi connectivity index (χ0v) is 12.5. The summed E-state index contributed by atoms with van der Waals surface area (Å²) in [5.41, 5.74) is 0.968. The van der Waals surface area contributed by atoms with Crippen molar-refractivity contribution in [2.45, 2.75) is 13.0 Å². The fraction of sp³-hybridized carbons (Fsp3) is 0.294. The first-order valence-electron chi connectivity index (χ1n) is 7.46. The smallest absolute Gasteiger partial charge is 0.309 e. The molecule has 0 unspecified atom stereocenters. The zero-order valence-electron chi connectivity index (χ0n) is 12.5. The van der Waals surface area contributed by atoms with Crippen molar-refractivity contribution in [3.8, 4) is 0 Å². The number of carbonyl (C=O) groups excluding carboxylic acids is 1. The molecule has 118 valence electrons. The maximum Gasteiger partial charge on any atom is 0.309 e. The lowest BCUT2D eigenvalue weighted by molar-refractivity contribution is -0.144. The molecular weight excluding hydrogens is 294 g/mol. The van der Waals surface area contributed by atoms with E-state index in [1.165, 1.54) is 0 Å². The lowest BCUT2D eigenvalue weighted by Gasteiger charge is -2.15. The van der Waals surface area contributed by atoms with Crippen LogP contribution in [-0.4, -0.2) is 38.4 Å². The van der Waals surface area contributed by atoms with Gasteiger partial charge < -0.3 is 10.0 Å². The molecule has 1 aliphatic rings. The number of hydrogen-bond acceptors (Lipinski definition) is 4. The highest BCUT2D eigenvalue weighted by Gasteiger charge is 2.44. The van der Waals surface area contributed by atoms with Gasteiger partial charge in [0.15, 0.2) is 0 Å². The Hall–Kier alpha value is -2.76. The second kappa shape index (κ2) is 6.56. The second-order valence-electron chi connectivity index (χ2n) is 5.62. The fourth-order valence-corrected chi connectivity index (χ4v) is 2.93. The van der Waals surface area contributed by atoms with Gasteiger partial charge in [0.25, 0.3) is 0 Å². The molecule has 2 aromatic rings. The van der Waals surface area contributed by atoms with Crippen LogP contribution in [-0.2, 0) is 22.6 Å². The molecule has 0 bridgehead atoms. The Labute approximate surface area is 133 Å². The number of carbonyl (C=O) groups is 2. The maximum atomic E-state index is 12.6. The summed E-state index contributed by atoms with van der Waals surface area (Å²) in [5, 5.41) is 9.45. The van der Waals surface area contributed by atoms with Gasteiger partial charge in [0, 0.05) is 18.9 Å². The van der Waals surface area contributed by atoms with E-state index in [0.717, 1.165) is 5.56 Å². The molecule has 1 aliphatic heterocycles. The van der Waals surface area contributed by atoms with E-state index in [9.17, 15) is 14.7 Å². The predicted octanol–water partition coefficient (Wildman–Crippen LogP) is 1.38.